The monoisotopic (exact) mass is 263 g/mol. The lowest BCUT2D eigenvalue weighted by molar-refractivity contribution is -0.131. The summed E-state index contributed by atoms with van der Waals surface area (Å²) in [4.78, 5) is 23.4. The van der Waals surface area contributed by atoms with Crippen LogP contribution in [0.2, 0.25) is 0 Å². The molecule has 0 unspecified atom stereocenters. The second-order valence-corrected chi connectivity index (χ2v) is 3.97. The SMILES string of the molecule is CCOC(=O)N(C)Cc1cccc(C=CC(=O)O)c1. The number of carboxylic acids is 1. The first-order chi connectivity index (χ1) is 9.02. The molecule has 0 spiro atoms. The van der Waals surface area contributed by atoms with Gasteiger partial charge in [-0.1, -0.05) is 18.2 Å². The predicted octanol–water partition coefficient (Wildman–Crippen LogP) is 2.37. The summed E-state index contributed by atoms with van der Waals surface area (Å²) >= 11 is 0. The van der Waals surface area contributed by atoms with Crippen molar-refractivity contribution in [1.29, 1.82) is 0 Å². The van der Waals surface area contributed by atoms with Gasteiger partial charge in [0.2, 0.25) is 0 Å². The van der Waals surface area contributed by atoms with Crippen LogP contribution in [0, 0.1) is 0 Å². The van der Waals surface area contributed by atoms with Crippen LogP contribution in [0.15, 0.2) is 30.3 Å². The number of carbonyl (C=O) groups excluding carboxylic acids is 1. The Bertz CT molecular complexity index is 482. The lowest BCUT2D eigenvalue weighted by atomic mass is 10.1. The van der Waals surface area contributed by atoms with E-state index < -0.39 is 5.97 Å². The van der Waals surface area contributed by atoms with Crippen LogP contribution in [0.4, 0.5) is 4.79 Å². The van der Waals surface area contributed by atoms with Gasteiger partial charge in [0.25, 0.3) is 0 Å². The summed E-state index contributed by atoms with van der Waals surface area (Å²) in [6, 6.07) is 7.31. The van der Waals surface area contributed by atoms with Gasteiger partial charge >= 0.3 is 12.1 Å². The molecule has 0 radical (unpaired) electrons. The van der Waals surface area contributed by atoms with Crippen LogP contribution < -0.4 is 0 Å². The van der Waals surface area contributed by atoms with E-state index in [-0.39, 0.29) is 6.09 Å². The van der Waals surface area contributed by atoms with Gasteiger partial charge in [-0.25, -0.2) is 9.59 Å². The van der Waals surface area contributed by atoms with Crippen molar-refractivity contribution in [2.45, 2.75) is 13.5 Å². The number of amides is 1. The van der Waals surface area contributed by atoms with Gasteiger partial charge in [-0.05, 0) is 30.2 Å². The molecule has 1 amide bonds. The molecule has 0 aliphatic heterocycles. The highest BCUT2D eigenvalue weighted by atomic mass is 16.5. The highest BCUT2D eigenvalue weighted by Gasteiger charge is 2.09. The van der Waals surface area contributed by atoms with Gasteiger partial charge in [0, 0.05) is 19.7 Å². The van der Waals surface area contributed by atoms with E-state index in [1.165, 1.54) is 11.0 Å². The highest BCUT2D eigenvalue weighted by Crippen LogP contribution is 2.10. The molecule has 5 nitrogen and oxygen atoms in total. The molecule has 0 atom stereocenters. The number of benzene rings is 1. The molecule has 1 rings (SSSR count). The number of aliphatic carboxylic acids is 1. The molecular weight excluding hydrogens is 246 g/mol. The standard InChI is InChI=1S/C14H17NO4/c1-3-19-14(18)15(2)10-12-6-4-5-11(9-12)7-8-13(16)17/h4-9H,3,10H2,1-2H3,(H,16,17). The Morgan fingerprint density at radius 3 is 2.79 bits per heavy atom. The number of nitrogens with zero attached hydrogens (tertiary/aromatic N) is 1. The van der Waals surface area contributed by atoms with Crippen molar-refractivity contribution in [3.63, 3.8) is 0 Å². The quantitative estimate of drug-likeness (QED) is 0.828. The number of ether oxygens (including phenoxy) is 1. The van der Waals surface area contributed by atoms with Crippen molar-refractivity contribution in [3.8, 4) is 0 Å². The van der Waals surface area contributed by atoms with E-state index in [4.69, 9.17) is 9.84 Å². The van der Waals surface area contributed by atoms with Gasteiger partial charge in [0.05, 0.1) is 6.61 Å². The van der Waals surface area contributed by atoms with Crippen molar-refractivity contribution in [2.75, 3.05) is 13.7 Å². The zero-order valence-electron chi connectivity index (χ0n) is 11.0. The van der Waals surface area contributed by atoms with E-state index >= 15 is 0 Å². The average molecular weight is 263 g/mol. The number of carboxylic acid groups (broad SMARTS) is 1. The van der Waals surface area contributed by atoms with E-state index in [1.54, 1.807) is 20.0 Å². The number of hydrogen-bond acceptors (Lipinski definition) is 3. The third-order valence-corrected chi connectivity index (χ3v) is 2.37. The van der Waals surface area contributed by atoms with Crippen molar-refractivity contribution < 1.29 is 19.4 Å². The largest absolute Gasteiger partial charge is 0.478 e. The molecule has 5 heteroatoms. The summed E-state index contributed by atoms with van der Waals surface area (Å²) in [6.45, 7) is 2.50. The van der Waals surface area contributed by atoms with E-state index in [0.717, 1.165) is 17.2 Å². The molecule has 0 aliphatic carbocycles. The third kappa shape index (κ3) is 5.25. The van der Waals surface area contributed by atoms with Gasteiger partial charge in [-0.3, -0.25) is 0 Å². The fourth-order valence-electron chi connectivity index (χ4n) is 1.53. The zero-order valence-corrected chi connectivity index (χ0v) is 11.0. The lowest BCUT2D eigenvalue weighted by Crippen LogP contribution is -2.26. The molecule has 0 aromatic heterocycles. The maximum Gasteiger partial charge on any atom is 0.409 e. The minimum atomic E-state index is -0.992. The summed E-state index contributed by atoms with van der Waals surface area (Å²) < 4.78 is 4.88. The maximum atomic E-state index is 11.5. The van der Waals surface area contributed by atoms with Crippen LogP contribution in [0.25, 0.3) is 6.08 Å². The Balaban J connectivity index is 2.71. The minimum absolute atomic E-state index is 0.338. The molecule has 1 aromatic carbocycles. The Hall–Kier alpha value is -2.30. The Morgan fingerprint density at radius 1 is 1.42 bits per heavy atom. The smallest absolute Gasteiger partial charge is 0.409 e. The van der Waals surface area contributed by atoms with Crippen LogP contribution in [-0.4, -0.2) is 35.7 Å². The fraction of sp³-hybridized carbons (Fsp3) is 0.286. The molecule has 0 saturated carbocycles. The van der Waals surface area contributed by atoms with E-state index in [2.05, 4.69) is 0 Å². The molecule has 0 saturated heterocycles. The highest BCUT2D eigenvalue weighted by molar-refractivity contribution is 5.85. The second kappa shape index (κ2) is 7.20. The summed E-state index contributed by atoms with van der Waals surface area (Å²) in [6.07, 6.45) is 2.21. The van der Waals surface area contributed by atoms with E-state index in [1.807, 2.05) is 18.2 Å². The topological polar surface area (TPSA) is 66.8 Å². The van der Waals surface area contributed by atoms with Gasteiger partial charge in [-0.2, -0.15) is 0 Å². The molecule has 1 N–H and O–H groups in total. The van der Waals surface area contributed by atoms with Crippen molar-refractivity contribution in [2.24, 2.45) is 0 Å². The van der Waals surface area contributed by atoms with Crippen molar-refractivity contribution >= 4 is 18.1 Å². The summed E-state index contributed by atoms with van der Waals surface area (Å²) in [5, 5.41) is 8.57. The molecule has 102 valence electrons. The Kier molecular flexibility index (Phi) is 5.60. The molecule has 0 bridgehead atoms. The van der Waals surface area contributed by atoms with Crippen molar-refractivity contribution in [3.05, 3.63) is 41.5 Å². The predicted molar refractivity (Wildman–Crippen MR) is 71.6 cm³/mol. The molecule has 0 fully saturated rings. The van der Waals surface area contributed by atoms with E-state index in [0.29, 0.717) is 13.2 Å². The summed E-state index contributed by atoms with van der Waals surface area (Å²) in [5.74, 6) is -0.992. The normalized spacial score (nSPS) is 10.4. The Labute approximate surface area is 112 Å². The lowest BCUT2D eigenvalue weighted by Gasteiger charge is -2.16. The van der Waals surface area contributed by atoms with Gasteiger partial charge < -0.3 is 14.7 Å². The molecular formula is C14H17NO4. The van der Waals surface area contributed by atoms with Crippen LogP contribution in [0.3, 0.4) is 0 Å². The number of carbonyl (C=O) groups is 2. The number of rotatable bonds is 5. The zero-order chi connectivity index (χ0) is 14.3. The summed E-state index contributed by atoms with van der Waals surface area (Å²) in [7, 11) is 1.65. The fourth-order valence-corrected chi connectivity index (χ4v) is 1.53. The third-order valence-electron chi connectivity index (χ3n) is 2.37. The van der Waals surface area contributed by atoms with Crippen LogP contribution in [-0.2, 0) is 16.1 Å². The first-order valence-corrected chi connectivity index (χ1v) is 5.90. The molecule has 1 aromatic rings. The Morgan fingerprint density at radius 2 is 2.16 bits per heavy atom. The first kappa shape index (κ1) is 14.8. The summed E-state index contributed by atoms with van der Waals surface area (Å²) in [5.41, 5.74) is 1.68. The molecule has 19 heavy (non-hydrogen) atoms. The molecule has 0 aliphatic rings. The van der Waals surface area contributed by atoms with Crippen molar-refractivity contribution in [1.82, 2.24) is 4.90 Å². The maximum absolute atomic E-state index is 11.5. The van der Waals surface area contributed by atoms with Crippen LogP contribution in [0.5, 0.6) is 0 Å². The number of hydrogen-bond donors (Lipinski definition) is 1. The van der Waals surface area contributed by atoms with Gasteiger partial charge in [0.15, 0.2) is 0 Å². The first-order valence-electron chi connectivity index (χ1n) is 5.90. The van der Waals surface area contributed by atoms with E-state index in [9.17, 15) is 9.59 Å². The minimum Gasteiger partial charge on any atom is -0.478 e. The average Bonchev–Trinajstić information content (AvgIpc) is 2.37. The van der Waals surface area contributed by atoms with Gasteiger partial charge in [0.1, 0.15) is 0 Å². The van der Waals surface area contributed by atoms with Crippen LogP contribution in [0.1, 0.15) is 18.1 Å². The molecule has 0 heterocycles. The van der Waals surface area contributed by atoms with Crippen LogP contribution >= 0.6 is 0 Å². The second-order valence-electron chi connectivity index (χ2n) is 3.97. The van der Waals surface area contributed by atoms with Gasteiger partial charge in [-0.15, -0.1) is 0 Å².